The van der Waals surface area contributed by atoms with Crippen molar-refractivity contribution in [2.24, 2.45) is 5.92 Å². The van der Waals surface area contributed by atoms with Gasteiger partial charge < -0.3 is 5.32 Å². The van der Waals surface area contributed by atoms with Crippen LogP contribution in [0, 0.1) is 11.7 Å². The number of hydrogen-bond acceptors (Lipinski definition) is 3. The van der Waals surface area contributed by atoms with Crippen molar-refractivity contribution >= 4 is 16.8 Å². The van der Waals surface area contributed by atoms with Gasteiger partial charge in [-0.05, 0) is 43.9 Å². The summed E-state index contributed by atoms with van der Waals surface area (Å²) in [6.07, 6.45) is 8.90. The van der Waals surface area contributed by atoms with E-state index in [1.54, 1.807) is 41.4 Å². The summed E-state index contributed by atoms with van der Waals surface area (Å²) in [5.41, 5.74) is 2.11. The highest BCUT2D eigenvalue weighted by molar-refractivity contribution is 6.07. The molecule has 0 fully saturated rings. The second kappa shape index (κ2) is 8.78. The topological polar surface area (TPSA) is 59.8 Å². The second-order valence-corrected chi connectivity index (χ2v) is 6.77. The number of hydrogen-bond donors (Lipinski definition) is 1. The van der Waals surface area contributed by atoms with Gasteiger partial charge in [0, 0.05) is 30.5 Å². The first-order valence-electron chi connectivity index (χ1n) is 9.58. The Hall–Kier alpha value is -3.02. The van der Waals surface area contributed by atoms with Crippen molar-refractivity contribution in [2.45, 2.75) is 33.6 Å². The maximum atomic E-state index is 14.6. The molecule has 0 radical (unpaired) electrons. The Morgan fingerprint density at radius 2 is 2.00 bits per heavy atom. The normalized spacial score (nSPS) is 12.9. The zero-order chi connectivity index (χ0) is 20.1. The molecule has 2 heterocycles. The van der Waals surface area contributed by atoms with Gasteiger partial charge in [-0.25, -0.2) is 14.4 Å². The van der Waals surface area contributed by atoms with Crippen LogP contribution in [0.2, 0.25) is 0 Å². The molecule has 0 aliphatic rings. The molecular weight excluding hydrogens is 355 g/mol. The predicted molar refractivity (Wildman–Crippen MR) is 109 cm³/mol. The Bertz CT molecular complexity index is 994. The highest BCUT2D eigenvalue weighted by Crippen LogP contribution is 2.26. The molecule has 146 valence electrons. The molecule has 28 heavy (non-hydrogen) atoms. The number of nitrogens with one attached hydrogen (secondary N) is 1. The van der Waals surface area contributed by atoms with Crippen molar-refractivity contribution < 1.29 is 9.18 Å². The van der Waals surface area contributed by atoms with Crippen LogP contribution in [-0.4, -0.2) is 27.0 Å². The smallest absolute Gasteiger partial charge is 0.253 e. The Kier molecular flexibility index (Phi) is 6.19. The Morgan fingerprint density at radius 1 is 1.25 bits per heavy atom. The molecule has 0 saturated heterocycles. The first-order valence-corrected chi connectivity index (χ1v) is 9.58. The van der Waals surface area contributed by atoms with Gasteiger partial charge in [0.05, 0.1) is 11.1 Å². The molecule has 0 spiro atoms. The number of carbonyl (C=O) groups is 1. The number of allylic oxidation sites excluding steroid dienone is 1. The van der Waals surface area contributed by atoms with Gasteiger partial charge in [0.25, 0.3) is 5.91 Å². The number of benzene rings is 1. The first-order chi connectivity index (χ1) is 13.6. The Balaban J connectivity index is 1.94. The minimum Gasteiger partial charge on any atom is -0.351 e. The Morgan fingerprint density at radius 3 is 2.68 bits per heavy atom. The van der Waals surface area contributed by atoms with E-state index in [2.05, 4.69) is 42.1 Å². The molecule has 1 aromatic carbocycles. The third kappa shape index (κ3) is 3.96. The molecule has 2 aromatic heterocycles. The van der Waals surface area contributed by atoms with Crippen LogP contribution in [0.15, 0.2) is 54.5 Å². The molecule has 1 unspecified atom stereocenters. The molecule has 3 rings (SSSR count). The van der Waals surface area contributed by atoms with Crippen LogP contribution in [0.5, 0.6) is 0 Å². The van der Waals surface area contributed by atoms with Crippen LogP contribution in [0.4, 0.5) is 4.39 Å². The van der Waals surface area contributed by atoms with Crippen LogP contribution >= 0.6 is 0 Å². The van der Waals surface area contributed by atoms with Gasteiger partial charge in [0.1, 0.15) is 5.82 Å². The van der Waals surface area contributed by atoms with E-state index in [0.717, 1.165) is 12.8 Å². The minimum atomic E-state index is -0.438. The molecular formula is C22H25FN4O. The van der Waals surface area contributed by atoms with Crippen LogP contribution in [0.3, 0.4) is 0 Å². The molecule has 6 heteroatoms. The third-order valence-electron chi connectivity index (χ3n) is 4.96. The van der Waals surface area contributed by atoms with E-state index in [4.69, 9.17) is 0 Å². The molecule has 1 atom stereocenters. The van der Waals surface area contributed by atoms with Crippen LogP contribution in [0.25, 0.3) is 16.9 Å². The van der Waals surface area contributed by atoms with Crippen molar-refractivity contribution in [3.63, 3.8) is 0 Å². The molecule has 0 aliphatic carbocycles. The molecule has 3 aromatic rings. The average Bonchev–Trinajstić information content (AvgIpc) is 3.10. The Labute approximate surface area is 164 Å². The predicted octanol–water partition coefficient (Wildman–Crippen LogP) is 4.67. The number of halogens is 1. The summed E-state index contributed by atoms with van der Waals surface area (Å²) in [7, 11) is 0. The summed E-state index contributed by atoms with van der Waals surface area (Å²) in [6.45, 7) is 6.79. The van der Waals surface area contributed by atoms with Crippen molar-refractivity contribution in [1.29, 1.82) is 0 Å². The standard InChI is InChI=1S/C22H25FN4O/c1-4-8-15(3)16(5-2)13-26-21(28)17-14-27(22-24-11-7-12-25-22)19-10-6-9-18(23)20(17)19/h6-12,14,16H,4-5,13H2,1-3H3,(H,26,28). The lowest BCUT2D eigenvalue weighted by Gasteiger charge is -2.16. The van der Waals surface area contributed by atoms with E-state index >= 15 is 0 Å². The van der Waals surface area contributed by atoms with Gasteiger partial charge in [-0.15, -0.1) is 0 Å². The molecule has 5 nitrogen and oxygen atoms in total. The number of fused-ring (bicyclic) bond motifs is 1. The summed E-state index contributed by atoms with van der Waals surface area (Å²) < 4.78 is 16.2. The maximum absolute atomic E-state index is 14.6. The minimum absolute atomic E-state index is 0.263. The van der Waals surface area contributed by atoms with E-state index < -0.39 is 5.82 Å². The van der Waals surface area contributed by atoms with Gasteiger partial charge in [0.2, 0.25) is 5.95 Å². The zero-order valence-corrected chi connectivity index (χ0v) is 16.4. The monoisotopic (exact) mass is 380 g/mol. The van der Waals surface area contributed by atoms with Gasteiger partial charge in [-0.2, -0.15) is 0 Å². The van der Waals surface area contributed by atoms with Gasteiger partial charge in [-0.3, -0.25) is 9.36 Å². The fourth-order valence-electron chi connectivity index (χ4n) is 3.42. The van der Waals surface area contributed by atoms with E-state index in [-0.39, 0.29) is 22.8 Å². The summed E-state index contributed by atoms with van der Waals surface area (Å²) in [5.74, 6) is -0.0798. The lowest BCUT2D eigenvalue weighted by Crippen LogP contribution is -2.29. The number of rotatable bonds is 7. The summed E-state index contributed by atoms with van der Waals surface area (Å²) in [6, 6.07) is 6.44. The summed E-state index contributed by atoms with van der Waals surface area (Å²) in [4.78, 5) is 21.4. The molecule has 0 saturated carbocycles. The molecule has 1 N–H and O–H groups in total. The van der Waals surface area contributed by atoms with E-state index in [9.17, 15) is 9.18 Å². The highest BCUT2D eigenvalue weighted by atomic mass is 19.1. The van der Waals surface area contributed by atoms with E-state index in [0.29, 0.717) is 18.0 Å². The number of carbonyl (C=O) groups excluding carboxylic acids is 1. The van der Waals surface area contributed by atoms with Crippen molar-refractivity contribution in [3.8, 4) is 5.95 Å². The van der Waals surface area contributed by atoms with Crippen molar-refractivity contribution in [1.82, 2.24) is 19.9 Å². The lowest BCUT2D eigenvalue weighted by molar-refractivity contribution is 0.0950. The van der Waals surface area contributed by atoms with Crippen molar-refractivity contribution in [2.75, 3.05) is 6.54 Å². The molecule has 0 aliphatic heterocycles. The van der Waals surface area contributed by atoms with Gasteiger partial charge in [-0.1, -0.05) is 31.6 Å². The van der Waals surface area contributed by atoms with Crippen LogP contribution < -0.4 is 5.32 Å². The van der Waals surface area contributed by atoms with Crippen LogP contribution in [0.1, 0.15) is 44.0 Å². The molecule has 1 amide bonds. The average molecular weight is 380 g/mol. The fraction of sp³-hybridized carbons (Fsp3) is 0.318. The SMILES string of the molecule is CCC=C(C)C(CC)CNC(=O)c1cn(-c2ncccn2)c2cccc(F)c12. The summed E-state index contributed by atoms with van der Waals surface area (Å²) >= 11 is 0. The van der Waals surface area contributed by atoms with Gasteiger partial charge >= 0.3 is 0 Å². The lowest BCUT2D eigenvalue weighted by atomic mass is 9.96. The highest BCUT2D eigenvalue weighted by Gasteiger charge is 2.20. The number of nitrogens with zero attached hydrogens (tertiary/aromatic N) is 3. The quantitative estimate of drug-likeness (QED) is 0.606. The first kappa shape index (κ1) is 19.7. The number of aromatic nitrogens is 3. The van der Waals surface area contributed by atoms with Crippen molar-refractivity contribution in [3.05, 3.63) is 65.9 Å². The zero-order valence-electron chi connectivity index (χ0n) is 16.4. The molecule has 0 bridgehead atoms. The second-order valence-electron chi connectivity index (χ2n) is 6.77. The van der Waals surface area contributed by atoms with E-state index in [1.807, 2.05) is 0 Å². The third-order valence-corrected chi connectivity index (χ3v) is 4.96. The maximum Gasteiger partial charge on any atom is 0.253 e. The summed E-state index contributed by atoms with van der Waals surface area (Å²) in [5, 5.41) is 3.25. The van der Waals surface area contributed by atoms with E-state index in [1.165, 1.54) is 11.6 Å². The van der Waals surface area contributed by atoms with Gasteiger partial charge in [0.15, 0.2) is 0 Å². The fourth-order valence-corrected chi connectivity index (χ4v) is 3.42. The van der Waals surface area contributed by atoms with Crippen LogP contribution in [-0.2, 0) is 0 Å². The number of amides is 1. The largest absolute Gasteiger partial charge is 0.351 e.